The molecule has 0 spiro atoms. The summed E-state index contributed by atoms with van der Waals surface area (Å²) in [7, 11) is -3.19. The lowest BCUT2D eigenvalue weighted by Gasteiger charge is -2.07. The molecule has 2 aromatic rings. The standard InChI is InChI=1S/C15H15NO3S/c1-20(18,19)13-8-6-11(7-9-13)10-12-4-2-3-5-14(12)15(16)17/h2-9H,10H2,1H3,(H2,16,17). The Morgan fingerprint density at radius 1 is 1.05 bits per heavy atom. The van der Waals surface area contributed by atoms with E-state index in [1.165, 1.54) is 6.26 Å². The second-order valence-electron chi connectivity index (χ2n) is 4.61. The number of sulfone groups is 1. The van der Waals surface area contributed by atoms with Crippen molar-refractivity contribution in [3.8, 4) is 0 Å². The number of hydrogen-bond acceptors (Lipinski definition) is 3. The average Bonchev–Trinajstić information content (AvgIpc) is 2.38. The lowest BCUT2D eigenvalue weighted by atomic mass is 9.99. The molecule has 104 valence electrons. The van der Waals surface area contributed by atoms with Gasteiger partial charge in [0.15, 0.2) is 9.84 Å². The van der Waals surface area contributed by atoms with Crippen molar-refractivity contribution >= 4 is 15.7 Å². The van der Waals surface area contributed by atoms with Gasteiger partial charge in [-0.2, -0.15) is 0 Å². The van der Waals surface area contributed by atoms with Crippen molar-refractivity contribution in [2.24, 2.45) is 5.73 Å². The van der Waals surface area contributed by atoms with E-state index >= 15 is 0 Å². The van der Waals surface area contributed by atoms with Gasteiger partial charge in [-0.1, -0.05) is 30.3 Å². The molecule has 0 aliphatic rings. The van der Waals surface area contributed by atoms with Crippen LogP contribution in [0.25, 0.3) is 0 Å². The van der Waals surface area contributed by atoms with Crippen LogP contribution in [0.1, 0.15) is 21.5 Å². The third-order valence-corrected chi connectivity index (χ3v) is 4.16. The summed E-state index contributed by atoms with van der Waals surface area (Å²) in [6.45, 7) is 0. The van der Waals surface area contributed by atoms with Gasteiger partial charge in [0.05, 0.1) is 4.90 Å². The zero-order valence-electron chi connectivity index (χ0n) is 11.0. The number of amides is 1. The molecule has 0 fully saturated rings. The Labute approximate surface area is 118 Å². The molecule has 0 heterocycles. The van der Waals surface area contributed by atoms with E-state index in [1.54, 1.807) is 36.4 Å². The highest BCUT2D eigenvalue weighted by atomic mass is 32.2. The highest BCUT2D eigenvalue weighted by Crippen LogP contribution is 2.16. The number of benzene rings is 2. The van der Waals surface area contributed by atoms with E-state index in [2.05, 4.69) is 0 Å². The van der Waals surface area contributed by atoms with Crippen LogP contribution >= 0.6 is 0 Å². The predicted octanol–water partition coefficient (Wildman–Crippen LogP) is 1.78. The molecule has 1 amide bonds. The molecule has 0 bridgehead atoms. The summed E-state index contributed by atoms with van der Waals surface area (Å²) in [5.41, 5.74) is 7.57. The van der Waals surface area contributed by atoms with Crippen LogP contribution in [0.2, 0.25) is 0 Å². The zero-order valence-corrected chi connectivity index (χ0v) is 11.9. The van der Waals surface area contributed by atoms with Gasteiger partial charge in [-0.05, 0) is 35.7 Å². The van der Waals surface area contributed by atoms with Crippen molar-refractivity contribution in [2.45, 2.75) is 11.3 Å². The molecule has 0 saturated carbocycles. The van der Waals surface area contributed by atoms with Crippen molar-refractivity contribution in [2.75, 3.05) is 6.26 Å². The number of carbonyl (C=O) groups excluding carboxylic acids is 1. The topological polar surface area (TPSA) is 77.2 Å². The number of rotatable bonds is 4. The number of hydrogen-bond donors (Lipinski definition) is 1. The fraction of sp³-hybridized carbons (Fsp3) is 0.133. The fourth-order valence-corrected chi connectivity index (χ4v) is 2.62. The third kappa shape index (κ3) is 3.24. The molecule has 0 aliphatic heterocycles. The largest absolute Gasteiger partial charge is 0.366 e. The summed E-state index contributed by atoms with van der Waals surface area (Å²) in [6, 6.07) is 13.7. The molecule has 0 atom stereocenters. The van der Waals surface area contributed by atoms with Crippen molar-refractivity contribution < 1.29 is 13.2 Å². The number of primary amides is 1. The molecule has 5 heteroatoms. The van der Waals surface area contributed by atoms with Gasteiger partial charge in [0, 0.05) is 11.8 Å². The second-order valence-corrected chi connectivity index (χ2v) is 6.63. The molecular formula is C15H15NO3S. The maximum atomic E-state index is 11.4. The Balaban J connectivity index is 2.30. The van der Waals surface area contributed by atoms with Gasteiger partial charge in [-0.15, -0.1) is 0 Å². The van der Waals surface area contributed by atoms with E-state index in [-0.39, 0.29) is 4.90 Å². The van der Waals surface area contributed by atoms with E-state index in [4.69, 9.17) is 5.73 Å². The molecular weight excluding hydrogens is 274 g/mol. The highest BCUT2D eigenvalue weighted by molar-refractivity contribution is 7.90. The van der Waals surface area contributed by atoms with Crippen LogP contribution in [-0.4, -0.2) is 20.6 Å². The van der Waals surface area contributed by atoms with Gasteiger partial charge in [0.2, 0.25) is 5.91 Å². The van der Waals surface area contributed by atoms with E-state index in [1.807, 2.05) is 12.1 Å². The molecule has 2 aromatic carbocycles. The SMILES string of the molecule is CS(=O)(=O)c1ccc(Cc2ccccc2C(N)=O)cc1. The number of carbonyl (C=O) groups is 1. The van der Waals surface area contributed by atoms with Crippen LogP contribution in [0, 0.1) is 0 Å². The monoisotopic (exact) mass is 289 g/mol. The summed E-state index contributed by atoms with van der Waals surface area (Å²) in [4.78, 5) is 11.6. The Kier molecular flexibility index (Phi) is 3.90. The van der Waals surface area contributed by atoms with E-state index in [0.717, 1.165) is 11.1 Å². The molecule has 4 nitrogen and oxygen atoms in total. The van der Waals surface area contributed by atoms with E-state index < -0.39 is 15.7 Å². The van der Waals surface area contributed by atoms with Crippen molar-refractivity contribution in [1.29, 1.82) is 0 Å². The normalized spacial score (nSPS) is 11.2. The first-order valence-electron chi connectivity index (χ1n) is 6.04. The summed E-state index contributed by atoms with van der Waals surface area (Å²) in [6.07, 6.45) is 1.70. The Morgan fingerprint density at radius 3 is 2.20 bits per heavy atom. The maximum Gasteiger partial charge on any atom is 0.248 e. The minimum atomic E-state index is -3.19. The predicted molar refractivity (Wildman–Crippen MR) is 77.3 cm³/mol. The summed E-state index contributed by atoms with van der Waals surface area (Å²) in [5, 5.41) is 0. The van der Waals surface area contributed by atoms with E-state index in [0.29, 0.717) is 12.0 Å². The maximum absolute atomic E-state index is 11.4. The fourth-order valence-electron chi connectivity index (χ4n) is 1.99. The first-order chi connectivity index (χ1) is 9.38. The van der Waals surface area contributed by atoms with E-state index in [9.17, 15) is 13.2 Å². The van der Waals surface area contributed by atoms with Gasteiger partial charge in [0.25, 0.3) is 0 Å². The highest BCUT2D eigenvalue weighted by Gasteiger charge is 2.09. The van der Waals surface area contributed by atoms with Gasteiger partial charge in [-0.25, -0.2) is 8.42 Å². The first kappa shape index (κ1) is 14.3. The average molecular weight is 289 g/mol. The lowest BCUT2D eigenvalue weighted by Crippen LogP contribution is -2.13. The van der Waals surface area contributed by atoms with Crippen LogP contribution in [0.15, 0.2) is 53.4 Å². The lowest BCUT2D eigenvalue weighted by molar-refractivity contribution is 0.0999. The molecule has 0 aliphatic carbocycles. The van der Waals surface area contributed by atoms with Gasteiger partial charge >= 0.3 is 0 Å². The van der Waals surface area contributed by atoms with Crippen LogP contribution in [0.3, 0.4) is 0 Å². The van der Waals surface area contributed by atoms with Crippen LogP contribution in [-0.2, 0) is 16.3 Å². The Bertz CT molecular complexity index is 734. The quantitative estimate of drug-likeness (QED) is 0.932. The van der Waals surface area contributed by atoms with Crippen LogP contribution in [0.4, 0.5) is 0 Å². The molecule has 2 rings (SSSR count). The third-order valence-electron chi connectivity index (χ3n) is 3.03. The smallest absolute Gasteiger partial charge is 0.248 e. The van der Waals surface area contributed by atoms with Crippen molar-refractivity contribution in [3.63, 3.8) is 0 Å². The zero-order chi connectivity index (χ0) is 14.8. The second kappa shape index (κ2) is 5.46. The molecule has 0 aromatic heterocycles. The van der Waals surface area contributed by atoms with Crippen LogP contribution < -0.4 is 5.73 Å². The van der Waals surface area contributed by atoms with Gasteiger partial charge in [0.1, 0.15) is 0 Å². The summed E-state index contributed by atoms with van der Waals surface area (Å²) < 4.78 is 22.8. The Hall–Kier alpha value is -2.14. The van der Waals surface area contributed by atoms with Crippen molar-refractivity contribution in [3.05, 3.63) is 65.2 Å². The van der Waals surface area contributed by atoms with Crippen LogP contribution in [0.5, 0.6) is 0 Å². The molecule has 0 radical (unpaired) electrons. The van der Waals surface area contributed by atoms with Gasteiger partial charge < -0.3 is 5.73 Å². The summed E-state index contributed by atoms with van der Waals surface area (Å²) in [5.74, 6) is -0.464. The molecule has 20 heavy (non-hydrogen) atoms. The van der Waals surface area contributed by atoms with Crippen molar-refractivity contribution in [1.82, 2.24) is 0 Å². The number of nitrogens with two attached hydrogens (primary N) is 1. The Morgan fingerprint density at radius 2 is 1.65 bits per heavy atom. The molecule has 0 unspecified atom stereocenters. The first-order valence-corrected chi connectivity index (χ1v) is 7.94. The minimum Gasteiger partial charge on any atom is -0.366 e. The molecule has 0 saturated heterocycles. The van der Waals surface area contributed by atoms with Gasteiger partial charge in [-0.3, -0.25) is 4.79 Å². The summed E-state index contributed by atoms with van der Waals surface area (Å²) >= 11 is 0. The minimum absolute atomic E-state index is 0.282. The molecule has 2 N–H and O–H groups in total.